The van der Waals surface area contributed by atoms with Gasteiger partial charge in [0.15, 0.2) is 6.23 Å². The molecule has 35 heavy (non-hydrogen) atoms. The Labute approximate surface area is 214 Å². The molecule has 1 unspecified atom stereocenters. The van der Waals surface area contributed by atoms with Crippen LogP contribution in [-0.2, 0) is 9.53 Å². The van der Waals surface area contributed by atoms with E-state index in [1.165, 1.54) is 107 Å². The molecule has 0 spiro atoms. The average molecular weight is 490 g/mol. The second-order valence-corrected chi connectivity index (χ2v) is 9.74. The zero-order valence-corrected chi connectivity index (χ0v) is 22.8. The normalized spacial score (nSPS) is 12.2. The lowest BCUT2D eigenvalue weighted by Crippen LogP contribution is -2.38. The van der Waals surface area contributed by atoms with Crippen LogP contribution in [0.25, 0.3) is 0 Å². The maximum absolute atomic E-state index is 12.3. The van der Waals surface area contributed by atoms with Gasteiger partial charge in [0.25, 0.3) is 0 Å². The van der Waals surface area contributed by atoms with Gasteiger partial charge in [-0.1, -0.05) is 96.1 Å². The molecule has 1 heterocycles. The minimum absolute atomic E-state index is 0.00534. The maximum Gasteiger partial charge on any atom is 0.376 e. The van der Waals surface area contributed by atoms with Crippen molar-refractivity contribution in [2.45, 2.75) is 136 Å². The van der Waals surface area contributed by atoms with E-state index < -0.39 is 12.2 Å². The predicted octanol–water partition coefficient (Wildman–Crippen LogP) is 8.84. The fourth-order valence-electron chi connectivity index (χ4n) is 4.12. The Morgan fingerprint density at radius 1 is 0.857 bits per heavy atom. The van der Waals surface area contributed by atoms with Gasteiger partial charge in [-0.25, -0.2) is 4.79 Å². The van der Waals surface area contributed by atoms with Crippen LogP contribution >= 0.6 is 0 Å². The molecule has 1 rings (SSSR count). The molecule has 0 aliphatic heterocycles. The van der Waals surface area contributed by atoms with Crippen molar-refractivity contribution < 1.29 is 18.7 Å². The van der Waals surface area contributed by atoms with Gasteiger partial charge in [0.1, 0.15) is 0 Å². The largest absolute Gasteiger partial charge is 0.457 e. The fourth-order valence-corrected chi connectivity index (χ4v) is 4.12. The van der Waals surface area contributed by atoms with Gasteiger partial charge >= 0.3 is 5.97 Å². The summed E-state index contributed by atoms with van der Waals surface area (Å²) in [7, 11) is 1.67. The molecule has 1 aromatic heterocycles. The Balaban J connectivity index is 1.88. The third-order valence-corrected chi connectivity index (χ3v) is 6.59. The average Bonchev–Trinajstić information content (AvgIpc) is 3.40. The number of ether oxygens (including phenoxy) is 1. The first kappa shape index (κ1) is 31.0. The maximum atomic E-state index is 12.3. The summed E-state index contributed by atoms with van der Waals surface area (Å²) in [5.74, 6) is -0.402. The number of nitrogens with zero attached hydrogens (tertiary/aromatic N) is 1. The molecule has 5 heteroatoms. The van der Waals surface area contributed by atoms with Crippen LogP contribution < -0.4 is 0 Å². The number of carbonyl (C=O) groups excluding carboxylic acids is 2. The first-order chi connectivity index (χ1) is 17.1. The second-order valence-electron chi connectivity index (χ2n) is 9.74. The van der Waals surface area contributed by atoms with E-state index in [2.05, 4.69) is 19.1 Å². The summed E-state index contributed by atoms with van der Waals surface area (Å²) in [6.07, 6.45) is 27.8. The molecule has 0 aliphatic carbocycles. The molecule has 5 nitrogen and oxygen atoms in total. The van der Waals surface area contributed by atoms with Crippen LogP contribution in [0.5, 0.6) is 0 Å². The first-order valence-electron chi connectivity index (χ1n) is 14.2. The van der Waals surface area contributed by atoms with Crippen LogP contribution in [0.15, 0.2) is 35.0 Å². The SMILES string of the molecule is CCCCCCCC/C=C\CCCCCCCCCCCC(=O)N(C)C(C)OC(=O)c1ccco1. The van der Waals surface area contributed by atoms with E-state index in [4.69, 9.17) is 9.15 Å². The Hall–Kier alpha value is -2.04. The van der Waals surface area contributed by atoms with Crippen molar-refractivity contribution in [2.24, 2.45) is 0 Å². The number of hydrogen-bond acceptors (Lipinski definition) is 4. The molecular weight excluding hydrogens is 438 g/mol. The number of esters is 1. The lowest BCUT2D eigenvalue weighted by Gasteiger charge is -2.24. The van der Waals surface area contributed by atoms with Gasteiger partial charge in [-0.05, 0) is 51.2 Å². The van der Waals surface area contributed by atoms with E-state index in [0.717, 1.165) is 12.8 Å². The Morgan fingerprint density at radius 3 is 1.89 bits per heavy atom. The summed E-state index contributed by atoms with van der Waals surface area (Å²) < 4.78 is 10.3. The highest BCUT2D eigenvalue weighted by molar-refractivity contribution is 5.86. The highest BCUT2D eigenvalue weighted by Gasteiger charge is 2.21. The number of allylic oxidation sites excluding steroid dienone is 2. The summed E-state index contributed by atoms with van der Waals surface area (Å²) in [5, 5.41) is 0. The quantitative estimate of drug-likeness (QED) is 0.0706. The molecule has 0 aliphatic rings. The third kappa shape index (κ3) is 16.3. The van der Waals surface area contributed by atoms with E-state index in [9.17, 15) is 9.59 Å². The summed E-state index contributed by atoms with van der Waals surface area (Å²) in [6, 6.07) is 3.18. The Kier molecular flexibility index (Phi) is 18.8. The van der Waals surface area contributed by atoms with E-state index in [0.29, 0.717) is 6.42 Å². The first-order valence-corrected chi connectivity index (χ1v) is 14.2. The Morgan fingerprint density at radius 2 is 1.37 bits per heavy atom. The molecule has 200 valence electrons. The van der Waals surface area contributed by atoms with Crippen molar-refractivity contribution in [3.8, 4) is 0 Å². The zero-order valence-electron chi connectivity index (χ0n) is 22.8. The minimum atomic E-state index is -0.615. The van der Waals surface area contributed by atoms with Gasteiger partial charge < -0.3 is 14.1 Å². The molecule has 0 aromatic carbocycles. The van der Waals surface area contributed by atoms with Crippen molar-refractivity contribution in [3.05, 3.63) is 36.3 Å². The molecule has 0 N–H and O–H groups in total. The van der Waals surface area contributed by atoms with Gasteiger partial charge in [-0.2, -0.15) is 0 Å². The van der Waals surface area contributed by atoms with Crippen LogP contribution in [0, 0.1) is 0 Å². The molecule has 0 bridgehead atoms. The van der Waals surface area contributed by atoms with E-state index in [1.807, 2.05) is 0 Å². The van der Waals surface area contributed by atoms with Crippen LogP contribution in [0.2, 0.25) is 0 Å². The number of rotatable bonds is 22. The van der Waals surface area contributed by atoms with Crippen molar-refractivity contribution in [1.82, 2.24) is 4.90 Å². The van der Waals surface area contributed by atoms with Crippen molar-refractivity contribution in [1.29, 1.82) is 0 Å². The van der Waals surface area contributed by atoms with Crippen molar-refractivity contribution in [2.75, 3.05) is 7.05 Å². The molecule has 0 radical (unpaired) electrons. The molecular formula is C30H51NO4. The number of hydrogen-bond donors (Lipinski definition) is 0. The van der Waals surface area contributed by atoms with E-state index in [1.54, 1.807) is 26.1 Å². The molecule has 0 fully saturated rings. The molecule has 0 saturated carbocycles. The standard InChI is InChI=1S/C30H51NO4/c1-4-5-6-7-8-9-10-11-12-13-14-15-16-17-18-19-20-21-22-25-29(32)31(3)27(2)35-30(33)28-24-23-26-34-28/h11-12,23-24,26-27H,4-10,13-22,25H2,1-3H3/b12-11-. The summed E-state index contributed by atoms with van der Waals surface area (Å²) in [6.45, 7) is 3.97. The van der Waals surface area contributed by atoms with Gasteiger partial charge in [-0.15, -0.1) is 0 Å². The number of furan rings is 1. The van der Waals surface area contributed by atoms with Gasteiger partial charge in [-0.3, -0.25) is 4.79 Å². The van der Waals surface area contributed by atoms with Gasteiger partial charge in [0.2, 0.25) is 11.7 Å². The van der Waals surface area contributed by atoms with Crippen molar-refractivity contribution >= 4 is 11.9 Å². The fraction of sp³-hybridized carbons (Fsp3) is 0.733. The number of unbranched alkanes of at least 4 members (excludes halogenated alkanes) is 15. The minimum Gasteiger partial charge on any atom is -0.457 e. The van der Waals surface area contributed by atoms with Crippen molar-refractivity contribution in [3.63, 3.8) is 0 Å². The highest BCUT2D eigenvalue weighted by Crippen LogP contribution is 2.14. The van der Waals surface area contributed by atoms with E-state index in [-0.39, 0.29) is 11.7 Å². The molecule has 1 amide bonds. The summed E-state index contributed by atoms with van der Waals surface area (Å²) >= 11 is 0. The lowest BCUT2D eigenvalue weighted by atomic mass is 10.1. The second kappa shape index (κ2) is 21.3. The summed E-state index contributed by atoms with van der Waals surface area (Å²) in [5.41, 5.74) is 0. The predicted molar refractivity (Wildman–Crippen MR) is 144 cm³/mol. The van der Waals surface area contributed by atoms with Gasteiger partial charge in [0.05, 0.1) is 6.26 Å². The Bertz CT molecular complexity index is 668. The molecule has 1 aromatic rings. The lowest BCUT2D eigenvalue weighted by molar-refractivity contribution is -0.138. The third-order valence-electron chi connectivity index (χ3n) is 6.59. The van der Waals surface area contributed by atoms with Crippen LogP contribution in [0.1, 0.15) is 140 Å². The topological polar surface area (TPSA) is 59.8 Å². The smallest absolute Gasteiger partial charge is 0.376 e. The van der Waals surface area contributed by atoms with Crippen LogP contribution in [-0.4, -0.2) is 30.1 Å². The highest BCUT2D eigenvalue weighted by atomic mass is 16.6. The monoisotopic (exact) mass is 489 g/mol. The molecule has 1 atom stereocenters. The summed E-state index contributed by atoms with van der Waals surface area (Å²) in [4.78, 5) is 25.8. The zero-order chi connectivity index (χ0) is 25.6. The van der Waals surface area contributed by atoms with Crippen LogP contribution in [0.4, 0.5) is 0 Å². The number of amides is 1. The van der Waals surface area contributed by atoms with E-state index >= 15 is 0 Å². The number of carbonyl (C=O) groups is 2. The van der Waals surface area contributed by atoms with Crippen LogP contribution in [0.3, 0.4) is 0 Å². The van der Waals surface area contributed by atoms with Gasteiger partial charge in [0, 0.05) is 13.5 Å². The molecule has 0 saturated heterocycles.